The molecular weight excluding hydrogens is 224 g/mol. The van der Waals surface area contributed by atoms with Crippen LogP contribution in [0.5, 0.6) is 0 Å². The number of aromatic nitrogens is 1. The predicted octanol–water partition coefficient (Wildman–Crippen LogP) is 3.86. The van der Waals surface area contributed by atoms with Crippen LogP contribution >= 0.6 is 0 Å². The smallest absolute Gasteiger partial charge is 0.215 e. The van der Waals surface area contributed by atoms with Gasteiger partial charge in [0.25, 0.3) is 0 Å². The number of hydrogen-bond donors (Lipinski definition) is 0. The van der Waals surface area contributed by atoms with E-state index in [1.54, 1.807) is 6.08 Å². The molecule has 3 heteroatoms. The molecule has 1 aromatic heterocycles. The number of rotatable bonds is 5. The molecule has 0 saturated heterocycles. The molecule has 0 saturated carbocycles. The van der Waals surface area contributed by atoms with Crippen molar-refractivity contribution in [1.82, 2.24) is 9.88 Å². The molecule has 0 N–H and O–H groups in total. The van der Waals surface area contributed by atoms with Crippen LogP contribution in [-0.2, 0) is 6.54 Å². The van der Waals surface area contributed by atoms with Gasteiger partial charge in [-0.15, -0.1) is 0 Å². The van der Waals surface area contributed by atoms with Crippen molar-refractivity contribution < 1.29 is 4.42 Å². The van der Waals surface area contributed by atoms with Gasteiger partial charge in [-0.05, 0) is 25.1 Å². The Morgan fingerprint density at radius 3 is 2.72 bits per heavy atom. The molecule has 18 heavy (non-hydrogen) atoms. The minimum atomic E-state index is 0.509. The second kappa shape index (κ2) is 4.92. The molecule has 0 atom stereocenters. The summed E-state index contributed by atoms with van der Waals surface area (Å²) in [7, 11) is 0. The molecule has 92 valence electrons. The number of hydrogen-bond acceptors (Lipinski definition) is 3. The molecule has 1 heterocycles. The van der Waals surface area contributed by atoms with Crippen LogP contribution < -0.4 is 0 Å². The van der Waals surface area contributed by atoms with E-state index in [0.717, 1.165) is 22.5 Å². The zero-order valence-corrected chi connectivity index (χ0v) is 10.5. The van der Waals surface area contributed by atoms with E-state index in [0.29, 0.717) is 12.4 Å². The highest BCUT2D eigenvalue weighted by Crippen LogP contribution is 2.19. The summed E-state index contributed by atoms with van der Waals surface area (Å²) < 4.78 is 5.67. The lowest BCUT2D eigenvalue weighted by molar-refractivity contribution is 0.374. The molecule has 0 bridgehead atoms. The molecular formula is C15H16N2O. The molecule has 0 aliphatic heterocycles. The third kappa shape index (κ3) is 2.35. The van der Waals surface area contributed by atoms with Crippen LogP contribution in [0.1, 0.15) is 12.8 Å². The van der Waals surface area contributed by atoms with E-state index in [1.165, 1.54) is 0 Å². The molecule has 2 aromatic rings. The number of para-hydroxylation sites is 2. The normalized spacial score (nSPS) is 10.3. The maximum Gasteiger partial charge on any atom is 0.215 e. The standard InChI is InChI=1S/C15H16N2O/c1-5-12(4)17(11(2)3)10-15-16-13-8-6-7-9-14(13)18-15/h5-9H,1-2,4,10H2,3H3. The molecule has 0 fully saturated rings. The molecule has 1 aromatic carbocycles. The van der Waals surface area contributed by atoms with E-state index in [-0.39, 0.29) is 0 Å². The third-order valence-corrected chi connectivity index (χ3v) is 2.67. The lowest BCUT2D eigenvalue weighted by Gasteiger charge is -2.23. The zero-order valence-electron chi connectivity index (χ0n) is 10.5. The first kappa shape index (κ1) is 12.2. The Kier molecular flexibility index (Phi) is 3.33. The summed E-state index contributed by atoms with van der Waals surface area (Å²) in [5.41, 5.74) is 3.31. The highest BCUT2D eigenvalue weighted by molar-refractivity contribution is 5.72. The van der Waals surface area contributed by atoms with Gasteiger partial charge in [0.05, 0.1) is 6.54 Å². The molecule has 3 nitrogen and oxygen atoms in total. The Morgan fingerprint density at radius 1 is 1.39 bits per heavy atom. The van der Waals surface area contributed by atoms with Gasteiger partial charge in [0.15, 0.2) is 5.58 Å². The quantitative estimate of drug-likeness (QED) is 0.743. The summed E-state index contributed by atoms with van der Waals surface area (Å²) in [5, 5.41) is 0. The van der Waals surface area contributed by atoms with Crippen LogP contribution in [0.3, 0.4) is 0 Å². The van der Waals surface area contributed by atoms with Crippen LogP contribution in [0.2, 0.25) is 0 Å². The maximum absolute atomic E-state index is 5.67. The number of fused-ring (bicyclic) bond motifs is 1. The molecule has 0 spiro atoms. The van der Waals surface area contributed by atoms with Gasteiger partial charge in [-0.1, -0.05) is 31.9 Å². The number of allylic oxidation sites excluding steroid dienone is 2. The van der Waals surface area contributed by atoms with Crippen molar-refractivity contribution in [3.8, 4) is 0 Å². The molecule has 2 rings (SSSR count). The van der Waals surface area contributed by atoms with Crippen LogP contribution in [-0.4, -0.2) is 9.88 Å². The Bertz CT molecular complexity index is 577. The van der Waals surface area contributed by atoms with Crippen LogP contribution in [0.4, 0.5) is 0 Å². The SMILES string of the molecule is C=CC(=C)N(Cc1nc2ccccc2o1)C(=C)C. The van der Waals surface area contributed by atoms with Gasteiger partial charge < -0.3 is 9.32 Å². The second-order valence-corrected chi connectivity index (χ2v) is 4.09. The Hall–Kier alpha value is -2.29. The van der Waals surface area contributed by atoms with Gasteiger partial charge in [-0.3, -0.25) is 0 Å². The first-order chi connectivity index (χ1) is 8.61. The Labute approximate surface area is 107 Å². The minimum Gasteiger partial charge on any atom is -0.439 e. The summed E-state index contributed by atoms with van der Waals surface area (Å²) in [4.78, 5) is 6.34. The van der Waals surface area contributed by atoms with Crippen molar-refractivity contribution in [2.75, 3.05) is 0 Å². The fraction of sp³-hybridized carbons (Fsp3) is 0.133. The average Bonchev–Trinajstić information content (AvgIpc) is 2.77. The van der Waals surface area contributed by atoms with Gasteiger partial charge in [0.1, 0.15) is 5.52 Å². The van der Waals surface area contributed by atoms with E-state index < -0.39 is 0 Å². The first-order valence-corrected chi connectivity index (χ1v) is 5.70. The van der Waals surface area contributed by atoms with Gasteiger partial charge in [-0.2, -0.15) is 0 Å². The average molecular weight is 240 g/mol. The van der Waals surface area contributed by atoms with Crippen LogP contribution in [0.25, 0.3) is 11.1 Å². The number of benzene rings is 1. The van der Waals surface area contributed by atoms with Crippen molar-refractivity contribution in [1.29, 1.82) is 0 Å². The van der Waals surface area contributed by atoms with Crippen molar-refractivity contribution in [3.05, 3.63) is 67.4 Å². The van der Waals surface area contributed by atoms with E-state index >= 15 is 0 Å². The summed E-state index contributed by atoms with van der Waals surface area (Å²) in [6.45, 7) is 14.0. The first-order valence-electron chi connectivity index (χ1n) is 5.70. The highest BCUT2D eigenvalue weighted by Gasteiger charge is 2.12. The third-order valence-electron chi connectivity index (χ3n) is 2.67. The fourth-order valence-corrected chi connectivity index (χ4v) is 1.71. The predicted molar refractivity (Wildman–Crippen MR) is 73.7 cm³/mol. The fourth-order valence-electron chi connectivity index (χ4n) is 1.71. The highest BCUT2D eigenvalue weighted by atomic mass is 16.3. The van der Waals surface area contributed by atoms with Gasteiger partial charge in [-0.25, -0.2) is 4.98 Å². The number of nitrogens with zero attached hydrogens (tertiary/aromatic N) is 2. The minimum absolute atomic E-state index is 0.509. The largest absolute Gasteiger partial charge is 0.439 e. The summed E-state index contributed by atoms with van der Waals surface area (Å²) in [6.07, 6.45) is 1.69. The van der Waals surface area contributed by atoms with Gasteiger partial charge >= 0.3 is 0 Å². The van der Waals surface area contributed by atoms with E-state index in [4.69, 9.17) is 4.42 Å². The summed E-state index contributed by atoms with van der Waals surface area (Å²) in [5.74, 6) is 0.641. The zero-order chi connectivity index (χ0) is 13.1. The molecule has 0 unspecified atom stereocenters. The topological polar surface area (TPSA) is 29.3 Å². The molecule has 0 amide bonds. The lowest BCUT2D eigenvalue weighted by Crippen LogP contribution is -2.18. The second-order valence-electron chi connectivity index (χ2n) is 4.09. The van der Waals surface area contributed by atoms with Gasteiger partial charge in [0.2, 0.25) is 5.89 Å². The Morgan fingerprint density at radius 2 is 2.11 bits per heavy atom. The van der Waals surface area contributed by atoms with Crippen molar-refractivity contribution in [3.63, 3.8) is 0 Å². The summed E-state index contributed by atoms with van der Waals surface area (Å²) >= 11 is 0. The molecule has 0 aliphatic carbocycles. The monoisotopic (exact) mass is 240 g/mol. The van der Waals surface area contributed by atoms with E-state index in [9.17, 15) is 0 Å². The van der Waals surface area contributed by atoms with Gasteiger partial charge in [0, 0.05) is 11.4 Å². The Balaban J connectivity index is 2.28. The van der Waals surface area contributed by atoms with Crippen molar-refractivity contribution >= 4 is 11.1 Å². The van der Waals surface area contributed by atoms with E-state index in [2.05, 4.69) is 24.7 Å². The number of oxazole rings is 1. The lowest BCUT2D eigenvalue weighted by atomic mass is 10.3. The molecule has 0 aliphatic rings. The van der Waals surface area contributed by atoms with Crippen molar-refractivity contribution in [2.45, 2.75) is 13.5 Å². The van der Waals surface area contributed by atoms with Crippen LogP contribution in [0.15, 0.2) is 65.9 Å². The molecule has 0 radical (unpaired) electrons. The van der Waals surface area contributed by atoms with E-state index in [1.807, 2.05) is 36.1 Å². The van der Waals surface area contributed by atoms with Crippen molar-refractivity contribution in [2.24, 2.45) is 0 Å². The summed E-state index contributed by atoms with van der Waals surface area (Å²) in [6, 6.07) is 7.69. The van der Waals surface area contributed by atoms with Crippen LogP contribution in [0, 0.1) is 0 Å². The maximum atomic E-state index is 5.67.